The number of ether oxygens (including phenoxy) is 4. The maximum absolute atomic E-state index is 13.8. The first-order valence-corrected chi connectivity index (χ1v) is 15.6. The first-order chi connectivity index (χ1) is 21.6. The van der Waals surface area contributed by atoms with Gasteiger partial charge in [0.2, 0.25) is 0 Å². The van der Waals surface area contributed by atoms with Crippen LogP contribution in [0, 0.1) is 5.41 Å². The van der Waals surface area contributed by atoms with Gasteiger partial charge in [0.15, 0.2) is 5.41 Å². The number of aliphatic carboxylic acids is 1. The monoisotopic (exact) mass is 653 g/mol. The molecule has 0 heterocycles. The second-order valence-corrected chi connectivity index (χ2v) is 14.7. The minimum absolute atomic E-state index is 0.0510. The maximum atomic E-state index is 13.8. The molecule has 0 bridgehead atoms. The smallest absolute Gasteiger partial charge is 0.407 e. The standard InChI is InChI=1S/C36H47NO10/c1-33(2,3)45-28(38)20-36(30(41)46-34(4,5)6,31(42)47-35(7,8)9)19-18-27(29(39)40)37-32(43)44-21-26-24-16-12-10-14-22(24)23-15-11-13-17-25(23)26/h10-17,26-27H,18-21H2,1-9H3,(H,37,43)(H,39,40)/t27-/m0/s1. The van der Waals surface area contributed by atoms with Crippen LogP contribution in [0.1, 0.15) is 98.6 Å². The fourth-order valence-corrected chi connectivity index (χ4v) is 5.33. The number of hydrogen-bond donors (Lipinski definition) is 2. The fraction of sp³-hybridized carbons (Fsp3) is 0.528. The molecule has 3 rings (SSSR count). The first-order valence-electron chi connectivity index (χ1n) is 15.6. The first kappa shape index (κ1) is 37.1. The molecule has 0 fully saturated rings. The number of carboxylic acids is 1. The molecule has 0 unspecified atom stereocenters. The highest BCUT2D eigenvalue weighted by molar-refractivity contribution is 6.03. The lowest BCUT2D eigenvalue weighted by atomic mass is 9.78. The van der Waals surface area contributed by atoms with Crippen LogP contribution < -0.4 is 5.32 Å². The Bertz CT molecular complexity index is 1420. The number of esters is 3. The zero-order chi connectivity index (χ0) is 35.4. The van der Waals surface area contributed by atoms with Crippen LogP contribution >= 0.6 is 0 Å². The van der Waals surface area contributed by atoms with Crippen LogP contribution in [0.4, 0.5) is 4.79 Å². The van der Waals surface area contributed by atoms with E-state index >= 15 is 0 Å². The molecule has 256 valence electrons. The Morgan fingerprint density at radius 3 is 1.60 bits per heavy atom. The van der Waals surface area contributed by atoms with Crippen LogP contribution in [0.5, 0.6) is 0 Å². The fourth-order valence-electron chi connectivity index (χ4n) is 5.33. The van der Waals surface area contributed by atoms with Crippen molar-refractivity contribution in [3.63, 3.8) is 0 Å². The third-order valence-corrected chi connectivity index (χ3v) is 7.24. The predicted octanol–water partition coefficient (Wildman–Crippen LogP) is 6.16. The Morgan fingerprint density at radius 1 is 0.723 bits per heavy atom. The molecule has 0 spiro atoms. The number of hydrogen-bond acceptors (Lipinski definition) is 9. The van der Waals surface area contributed by atoms with Gasteiger partial charge in [-0.25, -0.2) is 9.59 Å². The molecular weight excluding hydrogens is 606 g/mol. The highest BCUT2D eigenvalue weighted by Gasteiger charge is 2.53. The summed E-state index contributed by atoms with van der Waals surface area (Å²) < 4.78 is 22.1. The number of carboxylic acid groups (broad SMARTS) is 1. The molecule has 2 aromatic rings. The van der Waals surface area contributed by atoms with Crippen LogP contribution in [0.2, 0.25) is 0 Å². The molecule has 0 saturated carbocycles. The molecule has 1 aliphatic carbocycles. The van der Waals surface area contributed by atoms with E-state index in [4.69, 9.17) is 18.9 Å². The third kappa shape index (κ3) is 10.0. The van der Waals surface area contributed by atoms with E-state index in [-0.39, 0.29) is 12.5 Å². The number of alkyl carbamates (subject to hydrolysis) is 1. The van der Waals surface area contributed by atoms with Gasteiger partial charge in [-0.1, -0.05) is 48.5 Å². The van der Waals surface area contributed by atoms with Gasteiger partial charge in [0.25, 0.3) is 0 Å². The number of carbonyl (C=O) groups excluding carboxylic acids is 4. The SMILES string of the molecule is CC(C)(C)OC(=O)CC(CC[C@H](NC(=O)OCC1c2ccccc2-c2ccccc21)C(=O)O)(C(=O)OC(C)(C)C)C(=O)OC(C)(C)C. The van der Waals surface area contributed by atoms with Gasteiger partial charge in [-0.2, -0.15) is 0 Å². The Balaban J connectivity index is 1.85. The predicted molar refractivity (Wildman–Crippen MR) is 173 cm³/mol. The van der Waals surface area contributed by atoms with Crippen LogP contribution in [-0.2, 0) is 38.1 Å². The topological polar surface area (TPSA) is 155 Å². The number of rotatable bonds is 11. The second-order valence-electron chi connectivity index (χ2n) is 14.7. The van der Waals surface area contributed by atoms with Crippen LogP contribution in [0.3, 0.4) is 0 Å². The minimum atomic E-state index is -2.28. The molecule has 1 atom stereocenters. The van der Waals surface area contributed by atoms with Crippen molar-refractivity contribution < 1.29 is 48.0 Å². The summed E-state index contributed by atoms with van der Waals surface area (Å²) in [6.45, 7) is 14.4. The average Bonchev–Trinajstić information content (AvgIpc) is 3.23. The average molecular weight is 654 g/mol. The molecule has 47 heavy (non-hydrogen) atoms. The van der Waals surface area contributed by atoms with Crippen molar-refractivity contribution in [1.82, 2.24) is 5.32 Å². The van der Waals surface area contributed by atoms with Crippen molar-refractivity contribution >= 4 is 30.0 Å². The van der Waals surface area contributed by atoms with E-state index in [0.29, 0.717) is 0 Å². The molecule has 0 aliphatic heterocycles. The summed E-state index contributed by atoms with van der Waals surface area (Å²) >= 11 is 0. The quantitative estimate of drug-likeness (QED) is 0.164. The number of benzene rings is 2. The molecule has 11 heteroatoms. The van der Waals surface area contributed by atoms with Crippen molar-refractivity contribution in [2.24, 2.45) is 5.41 Å². The van der Waals surface area contributed by atoms with Gasteiger partial charge in [-0.05, 0) is 97.4 Å². The molecule has 0 radical (unpaired) electrons. The van der Waals surface area contributed by atoms with Gasteiger partial charge >= 0.3 is 30.0 Å². The highest BCUT2D eigenvalue weighted by atomic mass is 16.6. The summed E-state index contributed by atoms with van der Waals surface area (Å²) in [5.41, 5.74) is -1.32. The minimum Gasteiger partial charge on any atom is -0.480 e. The van der Waals surface area contributed by atoms with E-state index in [1.165, 1.54) is 0 Å². The number of fused-ring (bicyclic) bond motifs is 3. The molecular formula is C36H47NO10. The summed E-state index contributed by atoms with van der Waals surface area (Å²) in [7, 11) is 0. The van der Waals surface area contributed by atoms with Gasteiger partial charge in [0.05, 0.1) is 6.42 Å². The van der Waals surface area contributed by atoms with Gasteiger partial charge in [-0.3, -0.25) is 14.4 Å². The van der Waals surface area contributed by atoms with E-state index in [1.54, 1.807) is 62.3 Å². The van der Waals surface area contributed by atoms with Crippen molar-refractivity contribution in [1.29, 1.82) is 0 Å². The van der Waals surface area contributed by atoms with Crippen LogP contribution in [0.15, 0.2) is 48.5 Å². The van der Waals surface area contributed by atoms with Crippen LogP contribution in [-0.4, -0.2) is 64.5 Å². The Morgan fingerprint density at radius 2 is 1.17 bits per heavy atom. The van der Waals surface area contributed by atoms with Gasteiger partial charge < -0.3 is 29.4 Å². The summed E-state index contributed by atoms with van der Waals surface area (Å²) in [6, 6.07) is 14.0. The molecule has 2 N–H and O–H groups in total. The maximum Gasteiger partial charge on any atom is 0.407 e. The molecule has 2 aromatic carbocycles. The van der Waals surface area contributed by atoms with E-state index in [0.717, 1.165) is 22.3 Å². The summed E-state index contributed by atoms with van der Waals surface area (Å²) in [5, 5.41) is 12.4. The van der Waals surface area contributed by atoms with Gasteiger partial charge in [0.1, 0.15) is 29.5 Å². The van der Waals surface area contributed by atoms with E-state index in [1.807, 2.05) is 48.5 Å². The Labute approximate surface area is 276 Å². The van der Waals surface area contributed by atoms with E-state index < -0.39 is 77.5 Å². The molecule has 0 aromatic heterocycles. The number of carbonyl (C=O) groups is 5. The van der Waals surface area contributed by atoms with Crippen molar-refractivity contribution in [3.05, 3.63) is 59.7 Å². The lowest BCUT2D eigenvalue weighted by Crippen LogP contribution is -2.50. The molecule has 11 nitrogen and oxygen atoms in total. The van der Waals surface area contributed by atoms with Gasteiger partial charge in [0, 0.05) is 5.92 Å². The Kier molecular flexibility index (Phi) is 11.2. The summed E-state index contributed by atoms with van der Waals surface area (Å²) in [5.74, 6) is -4.72. The van der Waals surface area contributed by atoms with Gasteiger partial charge in [-0.15, -0.1) is 0 Å². The summed E-state index contributed by atoms with van der Waals surface area (Å²) in [6.07, 6.45) is -2.73. The largest absolute Gasteiger partial charge is 0.480 e. The van der Waals surface area contributed by atoms with Crippen LogP contribution in [0.25, 0.3) is 11.1 Å². The van der Waals surface area contributed by atoms with E-state index in [2.05, 4.69) is 5.32 Å². The zero-order valence-electron chi connectivity index (χ0n) is 28.7. The third-order valence-electron chi connectivity index (χ3n) is 7.24. The van der Waals surface area contributed by atoms with Crippen molar-refractivity contribution in [2.75, 3.05) is 6.61 Å². The number of amides is 1. The second kappa shape index (κ2) is 14.1. The van der Waals surface area contributed by atoms with Crippen molar-refractivity contribution in [2.45, 2.75) is 110 Å². The molecule has 1 aliphatic rings. The highest BCUT2D eigenvalue weighted by Crippen LogP contribution is 2.44. The van der Waals surface area contributed by atoms with Crippen molar-refractivity contribution in [3.8, 4) is 11.1 Å². The summed E-state index contributed by atoms with van der Waals surface area (Å²) in [4.78, 5) is 66.0. The normalized spacial score (nSPS) is 13.9. The lowest BCUT2D eigenvalue weighted by Gasteiger charge is -2.35. The number of nitrogens with one attached hydrogen (secondary N) is 1. The Hall–Kier alpha value is -4.41. The molecule has 1 amide bonds. The zero-order valence-corrected chi connectivity index (χ0v) is 28.7. The van der Waals surface area contributed by atoms with E-state index in [9.17, 15) is 29.1 Å². The molecule has 0 saturated heterocycles. The lowest BCUT2D eigenvalue weighted by molar-refractivity contribution is -0.191.